The van der Waals surface area contributed by atoms with Gasteiger partial charge in [0, 0.05) is 19.6 Å². The molecule has 1 amide bonds. The number of likely N-dealkylation sites (tertiary alicyclic amines) is 2. The van der Waals surface area contributed by atoms with Crippen LogP contribution >= 0.6 is 11.3 Å². The van der Waals surface area contributed by atoms with Crippen molar-refractivity contribution in [2.45, 2.75) is 32.2 Å². The summed E-state index contributed by atoms with van der Waals surface area (Å²) in [6.07, 6.45) is 4.80. The van der Waals surface area contributed by atoms with E-state index in [1.54, 1.807) is 18.4 Å². The summed E-state index contributed by atoms with van der Waals surface area (Å²) in [4.78, 5) is 18.0. The Bertz CT molecular complexity index is 756. The Kier molecular flexibility index (Phi) is 5.50. The molecule has 0 aliphatic carbocycles. The maximum atomic E-state index is 12.6. The Morgan fingerprint density at radius 1 is 1.07 bits per heavy atom. The van der Waals surface area contributed by atoms with Gasteiger partial charge in [0.25, 0.3) is 5.91 Å². The van der Waals surface area contributed by atoms with E-state index >= 15 is 0 Å². The number of rotatable bonds is 4. The van der Waals surface area contributed by atoms with Crippen molar-refractivity contribution in [3.05, 3.63) is 52.2 Å². The van der Waals surface area contributed by atoms with Crippen LogP contribution in [0.4, 0.5) is 0 Å². The van der Waals surface area contributed by atoms with Crippen molar-refractivity contribution in [2.75, 3.05) is 33.3 Å². The van der Waals surface area contributed by atoms with Gasteiger partial charge in [0.15, 0.2) is 0 Å². The van der Waals surface area contributed by atoms with Gasteiger partial charge in [-0.25, -0.2) is 0 Å². The summed E-state index contributed by atoms with van der Waals surface area (Å²) < 4.78 is 5.34. The second-order valence-corrected chi connectivity index (χ2v) is 8.84. The van der Waals surface area contributed by atoms with Gasteiger partial charge in [0.05, 0.1) is 12.0 Å². The molecule has 2 saturated heterocycles. The van der Waals surface area contributed by atoms with Gasteiger partial charge in [-0.2, -0.15) is 0 Å². The van der Waals surface area contributed by atoms with Crippen LogP contribution in [-0.4, -0.2) is 49.0 Å². The zero-order valence-corrected chi connectivity index (χ0v) is 16.8. The Balaban J connectivity index is 1.28. The topological polar surface area (TPSA) is 32.8 Å². The van der Waals surface area contributed by atoms with Crippen molar-refractivity contribution in [1.29, 1.82) is 0 Å². The minimum absolute atomic E-state index is 0.218. The highest BCUT2D eigenvalue weighted by molar-refractivity contribution is 7.12. The third kappa shape index (κ3) is 4.19. The van der Waals surface area contributed by atoms with Crippen LogP contribution in [0.25, 0.3) is 0 Å². The second-order valence-electron chi connectivity index (χ2n) is 7.90. The first-order chi connectivity index (χ1) is 13.2. The largest absolute Gasteiger partial charge is 0.497 e. The number of carbonyl (C=O) groups excluding carboxylic acids is 1. The number of hydrogen-bond donors (Lipinski definition) is 0. The molecule has 0 unspecified atom stereocenters. The van der Waals surface area contributed by atoms with E-state index in [0.717, 1.165) is 56.2 Å². The molecule has 0 atom stereocenters. The standard InChI is InChI=1S/C22H28N2O2S/c1-26-19-5-2-4-18(16-19)17-23-11-7-22(8-12-23)9-13-24(14-10-22)21(25)20-6-3-15-27-20/h2-6,15-16H,7-14,17H2,1H3. The number of benzene rings is 1. The monoisotopic (exact) mass is 384 g/mol. The van der Waals surface area contributed by atoms with E-state index in [0.29, 0.717) is 5.41 Å². The molecule has 3 heterocycles. The maximum absolute atomic E-state index is 12.6. The third-order valence-electron chi connectivity index (χ3n) is 6.30. The molecule has 144 valence electrons. The molecule has 2 aliphatic rings. The number of nitrogens with zero attached hydrogens (tertiary/aromatic N) is 2. The van der Waals surface area contributed by atoms with E-state index in [1.165, 1.54) is 18.4 Å². The number of piperidine rings is 2. The molecule has 2 aliphatic heterocycles. The van der Waals surface area contributed by atoms with Crippen LogP contribution in [-0.2, 0) is 6.54 Å². The molecule has 4 rings (SSSR count). The predicted molar refractivity (Wildman–Crippen MR) is 109 cm³/mol. The van der Waals surface area contributed by atoms with Crippen LogP contribution in [0.5, 0.6) is 5.75 Å². The number of carbonyl (C=O) groups is 1. The third-order valence-corrected chi connectivity index (χ3v) is 7.16. The molecule has 0 bridgehead atoms. The average Bonchev–Trinajstić information content (AvgIpc) is 3.25. The van der Waals surface area contributed by atoms with Crippen molar-refractivity contribution in [3.63, 3.8) is 0 Å². The van der Waals surface area contributed by atoms with Gasteiger partial charge in [-0.15, -0.1) is 11.3 Å². The first kappa shape index (κ1) is 18.5. The van der Waals surface area contributed by atoms with Crippen molar-refractivity contribution in [2.24, 2.45) is 5.41 Å². The lowest BCUT2D eigenvalue weighted by Gasteiger charge is -2.47. The lowest BCUT2D eigenvalue weighted by atomic mass is 9.71. The molecule has 27 heavy (non-hydrogen) atoms. The molecule has 2 aromatic rings. The summed E-state index contributed by atoms with van der Waals surface area (Å²) in [6, 6.07) is 12.3. The zero-order chi connectivity index (χ0) is 18.7. The van der Waals surface area contributed by atoms with Crippen LogP contribution in [0.1, 0.15) is 40.9 Å². The van der Waals surface area contributed by atoms with E-state index in [-0.39, 0.29) is 5.91 Å². The molecule has 5 heteroatoms. The first-order valence-electron chi connectivity index (χ1n) is 9.86. The summed E-state index contributed by atoms with van der Waals surface area (Å²) in [5.74, 6) is 1.15. The quantitative estimate of drug-likeness (QED) is 0.789. The summed E-state index contributed by atoms with van der Waals surface area (Å²) in [6.45, 7) is 5.11. The van der Waals surface area contributed by atoms with Crippen molar-refractivity contribution >= 4 is 17.2 Å². The van der Waals surface area contributed by atoms with Crippen LogP contribution in [0, 0.1) is 5.41 Å². The van der Waals surface area contributed by atoms with Crippen LogP contribution in [0.15, 0.2) is 41.8 Å². The number of thiophene rings is 1. The minimum Gasteiger partial charge on any atom is -0.497 e. The van der Waals surface area contributed by atoms with Gasteiger partial charge in [-0.1, -0.05) is 18.2 Å². The Morgan fingerprint density at radius 2 is 1.81 bits per heavy atom. The number of methoxy groups -OCH3 is 1. The molecular formula is C22H28N2O2S. The highest BCUT2D eigenvalue weighted by Crippen LogP contribution is 2.41. The van der Waals surface area contributed by atoms with Crippen molar-refractivity contribution < 1.29 is 9.53 Å². The smallest absolute Gasteiger partial charge is 0.263 e. The van der Waals surface area contributed by atoms with Gasteiger partial charge in [0.2, 0.25) is 0 Å². The van der Waals surface area contributed by atoms with E-state index in [9.17, 15) is 4.79 Å². The molecule has 1 spiro atoms. The van der Waals surface area contributed by atoms with Crippen LogP contribution < -0.4 is 4.74 Å². The minimum atomic E-state index is 0.218. The van der Waals surface area contributed by atoms with Crippen molar-refractivity contribution in [1.82, 2.24) is 9.80 Å². The summed E-state index contributed by atoms with van der Waals surface area (Å²) in [5.41, 5.74) is 1.76. The van der Waals surface area contributed by atoms with Crippen molar-refractivity contribution in [3.8, 4) is 5.75 Å². The fourth-order valence-corrected chi connectivity index (χ4v) is 5.15. The molecule has 0 N–H and O–H groups in total. The summed E-state index contributed by atoms with van der Waals surface area (Å²) >= 11 is 1.55. The first-order valence-corrected chi connectivity index (χ1v) is 10.7. The Hall–Kier alpha value is -1.85. The molecular weight excluding hydrogens is 356 g/mol. The number of amides is 1. The highest BCUT2D eigenvalue weighted by atomic mass is 32.1. The van der Waals surface area contributed by atoms with Gasteiger partial charge in [-0.3, -0.25) is 9.69 Å². The molecule has 1 aromatic carbocycles. The molecule has 2 fully saturated rings. The van der Waals surface area contributed by atoms with Crippen LogP contribution in [0.2, 0.25) is 0 Å². The lowest BCUT2D eigenvalue weighted by molar-refractivity contribution is 0.0287. The van der Waals surface area contributed by atoms with Gasteiger partial charge in [-0.05, 0) is 73.3 Å². The maximum Gasteiger partial charge on any atom is 0.263 e. The lowest BCUT2D eigenvalue weighted by Crippen LogP contribution is -2.48. The molecule has 0 radical (unpaired) electrons. The van der Waals surface area contributed by atoms with E-state index < -0.39 is 0 Å². The summed E-state index contributed by atoms with van der Waals surface area (Å²) in [5, 5.41) is 1.98. The molecule has 0 saturated carbocycles. The van der Waals surface area contributed by atoms with E-state index in [4.69, 9.17) is 4.74 Å². The normalized spacial score (nSPS) is 20.0. The fraction of sp³-hybridized carbons (Fsp3) is 0.500. The summed E-state index contributed by atoms with van der Waals surface area (Å²) in [7, 11) is 1.72. The zero-order valence-electron chi connectivity index (χ0n) is 16.0. The molecule has 1 aromatic heterocycles. The SMILES string of the molecule is COc1cccc(CN2CCC3(CC2)CCN(C(=O)c2cccs2)CC3)c1. The molecule has 4 nitrogen and oxygen atoms in total. The predicted octanol–water partition coefficient (Wildman–Crippen LogP) is 4.28. The number of ether oxygens (including phenoxy) is 1. The Labute approximate surface area is 165 Å². The second kappa shape index (κ2) is 8.03. The van der Waals surface area contributed by atoms with Gasteiger partial charge >= 0.3 is 0 Å². The van der Waals surface area contributed by atoms with Gasteiger partial charge in [0.1, 0.15) is 5.75 Å². The van der Waals surface area contributed by atoms with E-state index in [1.807, 2.05) is 23.6 Å². The Morgan fingerprint density at radius 3 is 2.48 bits per heavy atom. The number of hydrogen-bond acceptors (Lipinski definition) is 4. The fourth-order valence-electron chi connectivity index (χ4n) is 4.45. The van der Waals surface area contributed by atoms with E-state index in [2.05, 4.69) is 28.0 Å². The van der Waals surface area contributed by atoms with Crippen LogP contribution in [0.3, 0.4) is 0 Å². The highest BCUT2D eigenvalue weighted by Gasteiger charge is 2.38. The van der Waals surface area contributed by atoms with Gasteiger partial charge < -0.3 is 9.64 Å². The average molecular weight is 385 g/mol.